The van der Waals surface area contributed by atoms with Crippen LogP contribution in [-0.2, 0) is 9.59 Å². The SMILES string of the molecule is CCCOc1ccc(NC(=O)CC2C(=O)N(c3ccc(OC)cc3)C(=S)N2NC(=O)c2cccc(F)c2)cc1. The lowest BCUT2D eigenvalue weighted by Crippen LogP contribution is -2.49. The van der Waals surface area contributed by atoms with E-state index in [0.717, 1.165) is 17.5 Å². The lowest BCUT2D eigenvalue weighted by molar-refractivity contribution is -0.124. The summed E-state index contributed by atoms with van der Waals surface area (Å²) in [6, 6.07) is 17.4. The first kappa shape index (κ1) is 27.5. The molecule has 4 rings (SSSR count). The van der Waals surface area contributed by atoms with E-state index in [4.69, 9.17) is 21.7 Å². The third kappa shape index (κ3) is 6.50. The number of halogens is 1. The molecule has 11 heteroatoms. The number of hydrogen-bond donors (Lipinski definition) is 2. The van der Waals surface area contributed by atoms with E-state index in [2.05, 4.69) is 10.7 Å². The van der Waals surface area contributed by atoms with Crippen LogP contribution in [0.2, 0.25) is 0 Å². The van der Waals surface area contributed by atoms with Crippen molar-refractivity contribution in [1.82, 2.24) is 10.4 Å². The summed E-state index contributed by atoms with van der Waals surface area (Å²) in [5.74, 6) is -1.01. The second-order valence-corrected chi connectivity index (χ2v) is 8.98. The molecule has 1 fully saturated rings. The fraction of sp³-hybridized carbons (Fsp3) is 0.214. The molecule has 0 radical (unpaired) electrons. The number of carbonyl (C=O) groups excluding carboxylic acids is 3. The van der Waals surface area contributed by atoms with E-state index in [-0.39, 0.29) is 17.1 Å². The molecule has 1 atom stereocenters. The molecule has 1 aliphatic heterocycles. The lowest BCUT2D eigenvalue weighted by Gasteiger charge is -2.24. The molecule has 0 aromatic heterocycles. The fourth-order valence-electron chi connectivity index (χ4n) is 3.91. The molecule has 3 aromatic rings. The van der Waals surface area contributed by atoms with Crippen molar-refractivity contribution in [3.63, 3.8) is 0 Å². The van der Waals surface area contributed by atoms with Crippen LogP contribution in [0, 0.1) is 5.82 Å². The number of hydrogen-bond acceptors (Lipinski definition) is 6. The Hall–Kier alpha value is -4.51. The summed E-state index contributed by atoms with van der Waals surface area (Å²) in [6.45, 7) is 2.58. The predicted molar refractivity (Wildman–Crippen MR) is 148 cm³/mol. The molecule has 202 valence electrons. The van der Waals surface area contributed by atoms with Gasteiger partial charge in [-0.15, -0.1) is 0 Å². The summed E-state index contributed by atoms with van der Waals surface area (Å²) < 4.78 is 24.5. The Balaban J connectivity index is 1.55. The summed E-state index contributed by atoms with van der Waals surface area (Å²) >= 11 is 5.55. The van der Waals surface area contributed by atoms with Gasteiger partial charge in [-0.3, -0.25) is 24.7 Å². The monoisotopic (exact) mass is 550 g/mol. The minimum atomic E-state index is -1.15. The normalized spacial score (nSPS) is 14.8. The Labute approximate surface area is 230 Å². The predicted octanol–water partition coefficient (Wildman–Crippen LogP) is 4.30. The molecule has 3 amide bonds. The highest BCUT2D eigenvalue weighted by Crippen LogP contribution is 2.28. The lowest BCUT2D eigenvalue weighted by atomic mass is 10.1. The average Bonchev–Trinajstić information content (AvgIpc) is 3.16. The molecular weight excluding hydrogens is 523 g/mol. The van der Waals surface area contributed by atoms with Crippen LogP contribution >= 0.6 is 12.2 Å². The Morgan fingerprint density at radius 3 is 2.36 bits per heavy atom. The first-order valence-corrected chi connectivity index (χ1v) is 12.6. The second kappa shape index (κ2) is 12.4. The highest BCUT2D eigenvalue weighted by atomic mass is 32.1. The van der Waals surface area contributed by atoms with Crippen LogP contribution in [0.3, 0.4) is 0 Å². The van der Waals surface area contributed by atoms with Gasteiger partial charge >= 0.3 is 0 Å². The van der Waals surface area contributed by atoms with Crippen molar-refractivity contribution in [2.45, 2.75) is 25.8 Å². The van der Waals surface area contributed by atoms with E-state index >= 15 is 0 Å². The second-order valence-electron chi connectivity index (χ2n) is 8.62. The molecular formula is C28H27FN4O5S. The minimum Gasteiger partial charge on any atom is -0.497 e. The highest BCUT2D eigenvalue weighted by molar-refractivity contribution is 7.80. The molecule has 2 N–H and O–H groups in total. The van der Waals surface area contributed by atoms with Crippen molar-refractivity contribution in [3.8, 4) is 11.5 Å². The fourth-order valence-corrected chi connectivity index (χ4v) is 4.28. The number of methoxy groups -OCH3 is 1. The van der Waals surface area contributed by atoms with Gasteiger partial charge in [-0.1, -0.05) is 13.0 Å². The van der Waals surface area contributed by atoms with Crippen molar-refractivity contribution in [2.24, 2.45) is 0 Å². The number of nitrogens with one attached hydrogen (secondary N) is 2. The number of benzene rings is 3. The van der Waals surface area contributed by atoms with E-state index in [9.17, 15) is 18.8 Å². The van der Waals surface area contributed by atoms with Crippen LogP contribution in [-0.4, -0.2) is 47.6 Å². The van der Waals surface area contributed by atoms with Gasteiger partial charge in [0.1, 0.15) is 23.4 Å². The van der Waals surface area contributed by atoms with Gasteiger partial charge in [-0.2, -0.15) is 0 Å². The average molecular weight is 551 g/mol. The Kier molecular flexibility index (Phi) is 8.72. The van der Waals surface area contributed by atoms with Gasteiger partial charge in [0.15, 0.2) is 0 Å². The molecule has 1 saturated heterocycles. The number of anilines is 2. The quantitative estimate of drug-likeness (QED) is 0.363. The first-order valence-electron chi connectivity index (χ1n) is 12.2. The number of amides is 3. The standard InChI is InChI=1S/C28H27FN4O5S/c1-3-15-38-23-11-7-20(8-12-23)30-25(34)17-24-27(36)32(21-9-13-22(37-2)14-10-21)28(39)33(24)31-26(35)18-5-4-6-19(29)16-18/h4-14,16,24H,3,15,17H2,1-2H3,(H,30,34)(H,31,35). The van der Waals surface area contributed by atoms with Crippen molar-refractivity contribution < 1.29 is 28.2 Å². The number of rotatable bonds is 10. The Bertz CT molecular complexity index is 1370. The molecule has 1 heterocycles. The van der Waals surface area contributed by atoms with Crippen LogP contribution in [0.25, 0.3) is 0 Å². The van der Waals surface area contributed by atoms with Crippen LogP contribution in [0.5, 0.6) is 11.5 Å². The summed E-state index contributed by atoms with van der Waals surface area (Å²) in [4.78, 5) is 40.7. The van der Waals surface area contributed by atoms with E-state index in [0.29, 0.717) is 29.5 Å². The van der Waals surface area contributed by atoms with Crippen LogP contribution in [0.4, 0.5) is 15.8 Å². The van der Waals surface area contributed by atoms with E-state index in [1.165, 1.54) is 30.2 Å². The third-order valence-corrected chi connectivity index (χ3v) is 6.22. The maximum atomic E-state index is 13.7. The van der Waals surface area contributed by atoms with Gasteiger partial charge in [0.05, 0.1) is 25.8 Å². The van der Waals surface area contributed by atoms with Crippen molar-refractivity contribution in [3.05, 3.63) is 84.2 Å². The molecule has 9 nitrogen and oxygen atoms in total. The maximum absolute atomic E-state index is 13.7. The van der Waals surface area contributed by atoms with Crippen LogP contribution in [0.15, 0.2) is 72.8 Å². The zero-order valence-electron chi connectivity index (χ0n) is 21.3. The largest absolute Gasteiger partial charge is 0.497 e. The minimum absolute atomic E-state index is 0.0294. The zero-order chi connectivity index (χ0) is 27.9. The van der Waals surface area contributed by atoms with Gasteiger partial charge in [0.25, 0.3) is 11.8 Å². The topological polar surface area (TPSA) is 100 Å². The van der Waals surface area contributed by atoms with E-state index in [1.54, 1.807) is 48.5 Å². The molecule has 3 aromatic carbocycles. The molecule has 39 heavy (non-hydrogen) atoms. The highest BCUT2D eigenvalue weighted by Gasteiger charge is 2.45. The molecule has 0 aliphatic carbocycles. The summed E-state index contributed by atoms with van der Waals surface area (Å²) in [5, 5.41) is 3.88. The van der Waals surface area contributed by atoms with Crippen LogP contribution < -0.4 is 25.1 Å². The summed E-state index contributed by atoms with van der Waals surface area (Å²) in [5.41, 5.74) is 3.55. The number of nitrogens with zero attached hydrogens (tertiary/aromatic N) is 2. The smallest absolute Gasteiger partial charge is 0.269 e. The van der Waals surface area contributed by atoms with E-state index in [1.807, 2.05) is 6.92 Å². The first-order chi connectivity index (χ1) is 18.8. The number of thiocarbonyl (C=S) groups is 1. The van der Waals surface area contributed by atoms with Gasteiger partial charge in [-0.25, -0.2) is 9.40 Å². The number of carbonyl (C=O) groups is 3. The van der Waals surface area contributed by atoms with Crippen LogP contribution in [0.1, 0.15) is 30.1 Å². The zero-order valence-corrected chi connectivity index (χ0v) is 22.2. The molecule has 0 bridgehead atoms. The van der Waals surface area contributed by atoms with E-state index < -0.39 is 29.6 Å². The summed E-state index contributed by atoms with van der Waals surface area (Å²) in [7, 11) is 1.52. The Morgan fingerprint density at radius 2 is 1.72 bits per heavy atom. The van der Waals surface area contributed by atoms with Crippen molar-refractivity contribution in [1.29, 1.82) is 0 Å². The summed E-state index contributed by atoms with van der Waals surface area (Å²) in [6.07, 6.45) is 0.554. The molecule has 0 spiro atoms. The maximum Gasteiger partial charge on any atom is 0.269 e. The van der Waals surface area contributed by atoms with Gasteiger partial charge in [-0.05, 0) is 85.4 Å². The van der Waals surface area contributed by atoms with Gasteiger partial charge in [0, 0.05) is 11.3 Å². The van der Waals surface area contributed by atoms with Gasteiger partial charge in [0.2, 0.25) is 11.0 Å². The number of hydrazine groups is 1. The van der Waals surface area contributed by atoms with Gasteiger partial charge < -0.3 is 14.8 Å². The third-order valence-electron chi connectivity index (χ3n) is 5.84. The van der Waals surface area contributed by atoms with Crippen molar-refractivity contribution >= 4 is 46.4 Å². The molecule has 1 aliphatic rings. The molecule has 0 saturated carbocycles. The Morgan fingerprint density at radius 1 is 1.03 bits per heavy atom. The number of ether oxygens (including phenoxy) is 2. The van der Waals surface area contributed by atoms with Crippen molar-refractivity contribution in [2.75, 3.05) is 23.9 Å². The molecule has 1 unspecified atom stereocenters.